The van der Waals surface area contributed by atoms with Crippen LogP contribution < -0.4 is 9.47 Å². The summed E-state index contributed by atoms with van der Waals surface area (Å²) in [5.41, 5.74) is 2.46. The minimum absolute atomic E-state index is 0.0341. The van der Waals surface area contributed by atoms with Crippen LogP contribution in [0.25, 0.3) is 0 Å². The Labute approximate surface area is 214 Å². The molecule has 190 valence electrons. The van der Waals surface area contributed by atoms with E-state index < -0.39 is 11.8 Å². The second-order valence-corrected chi connectivity index (χ2v) is 8.90. The van der Waals surface area contributed by atoms with Gasteiger partial charge in [-0.15, -0.1) is 0 Å². The number of methoxy groups -OCH3 is 1. The lowest BCUT2D eigenvalue weighted by atomic mass is 9.65. The molecule has 3 aromatic rings. The van der Waals surface area contributed by atoms with Crippen molar-refractivity contribution in [3.8, 4) is 11.5 Å². The Morgan fingerprint density at radius 2 is 1.03 bits per heavy atom. The zero-order valence-corrected chi connectivity index (χ0v) is 21.7. The third kappa shape index (κ3) is 8.81. The smallest absolute Gasteiger partial charge is 0.379 e. The first-order valence-corrected chi connectivity index (χ1v) is 12.2. The number of rotatable bonds is 5. The summed E-state index contributed by atoms with van der Waals surface area (Å²) in [4.78, 5) is 32.0. The Kier molecular flexibility index (Phi) is 11.6. The molecule has 0 aromatic heterocycles. The van der Waals surface area contributed by atoms with Crippen molar-refractivity contribution in [2.45, 2.75) is 58.3 Å². The van der Waals surface area contributed by atoms with E-state index in [0.717, 1.165) is 18.6 Å². The normalized spacial score (nSPS) is 13.6. The van der Waals surface area contributed by atoms with Gasteiger partial charge in [0.05, 0.1) is 7.11 Å². The zero-order chi connectivity index (χ0) is 26.4. The fourth-order valence-corrected chi connectivity index (χ4v) is 4.22. The predicted molar refractivity (Wildman–Crippen MR) is 142 cm³/mol. The molecule has 1 saturated carbocycles. The van der Waals surface area contributed by atoms with Gasteiger partial charge in [-0.3, -0.25) is 4.79 Å². The summed E-state index contributed by atoms with van der Waals surface area (Å²) in [6, 6.07) is 27.9. The molecule has 1 fully saturated rings. The minimum atomic E-state index is -0.833. The fourth-order valence-electron chi connectivity index (χ4n) is 4.22. The molecule has 0 bridgehead atoms. The number of ether oxygens (including phenoxy) is 2. The molecular weight excluding hydrogens is 452 g/mol. The van der Waals surface area contributed by atoms with Gasteiger partial charge < -0.3 is 14.3 Å². The first kappa shape index (κ1) is 28.5. The highest BCUT2D eigenvalue weighted by Crippen LogP contribution is 2.45. The van der Waals surface area contributed by atoms with Crippen molar-refractivity contribution in [2.75, 3.05) is 7.11 Å². The Hall–Kier alpha value is -3.73. The van der Waals surface area contributed by atoms with Gasteiger partial charge in [-0.05, 0) is 62.1 Å². The number of Topliss-reactive ketones (excluding diaryl/α,β-unsaturated/α-hetero) is 2. The number of hydrogen-bond donors (Lipinski definition) is 0. The maximum atomic E-state index is 11.5. The average Bonchev–Trinajstić information content (AvgIpc) is 2.90. The summed E-state index contributed by atoms with van der Waals surface area (Å²) < 4.78 is 10.4. The molecule has 36 heavy (non-hydrogen) atoms. The van der Waals surface area contributed by atoms with Gasteiger partial charge in [0.1, 0.15) is 17.3 Å². The molecule has 5 heteroatoms. The molecular formula is C31H36O5. The molecule has 0 unspecified atom stereocenters. The van der Waals surface area contributed by atoms with E-state index in [1.165, 1.54) is 51.2 Å². The SMILES string of the molecule is CC(C)=O.COc1ccc(C2(c3ccc(OC(=O)C(C)=O)cc3)CCCCC2)cc1.c1ccccc1. The third-order valence-electron chi connectivity index (χ3n) is 5.92. The van der Waals surface area contributed by atoms with Crippen LogP contribution in [-0.4, -0.2) is 24.6 Å². The van der Waals surface area contributed by atoms with Crippen molar-refractivity contribution in [1.82, 2.24) is 0 Å². The summed E-state index contributed by atoms with van der Waals surface area (Å²) in [5.74, 6) is -0.0165. The molecule has 0 heterocycles. The molecule has 1 aliphatic rings. The van der Waals surface area contributed by atoms with Gasteiger partial charge in [-0.1, -0.05) is 79.9 Å². The second-order valence-electron chi connectivity index (χ2n) is 8.90. The monoisotopic (exact) mass is 488 g/mol. The Morgan fingerprint density at radius 3 is 1.39 bits per heavy atom. The lowest BCUT2D eigenvalue weighted by Crippen LogP contribution is -2.30. The number of ketones is 2. The molecule has 0 saturated heterocycles. The predicted octanol–water partition coefficient (Wildman–Crippen LogP) is 6.72. The standard InChI is InChI=1S/C22H24O4.C6H6.C3H6O/c1-16(23)21(24)26-20-12-8-18(9-13-20)22(14-4-3-5-15-22)17-6-10-19(25-2)11-7-17;1-2-4-6-5-3-1;1-3(2)4/h6-13H,3-5,14-15H2,1-2H3;1-6H;1-2H3. The summed E-state index contributed by atoms with van der Waals surface area (Å²) in [5, 5.41) is 0. The Morgan fingerprint density at radius 1 is 0.639 bits per heavy atom. The van der Waals surface area contributed by atoms with E-state index in [4.69, 9.17) is 9.47 Å². The quantitative estimate of drug-likeness (QED) is 0.226. The van der Waals surface area contributed by atoms with Crippen LogP contribution in [0, 0.1) is 0 Å². The van der Waals surface area contributed by atoms with E-state index in [2.05, 4.69) is 12.1 Å². The van der Waals surface area contributed by atoms with Crippen LogP contribution in [-0.2, 0) is 19.8 Å². The van der Waals surface area contributed by atoms with E-state index in [-0.39, 0.29) is 11.2 Å². The van der Waals surface area contributed by atoms with Gasteiger partial charge in [0.2, 0.25) is 5.78 Å². The van der Waals surface area contributed by atoms with Crippen LogP contribution in [0.1, 0.15) is 64.0 Å². The molecule has 5 nitrogen and oxygen atoms in total. The Balaban J connectivity index is 0.000000382. The van der Waals surface area contributed by atoms with Gasteiger partial charge >= 0.3 is 5.97 Å². The summed E-state index contributed by atoms with van der Waals surface area (Å²) >= 11 is 0. The minimum Gasteiger partial charge on any atom is -0.497 e. The van der Waals surface area contributed by atoms with Crippen LogP contribution >= 0.6 is 0 Å². The second kappa shape index (κ2) is 14.6. The fraction of sp³-hybridized carbons (Fsp3) is 0.323. The van der Waals surface area contributed by atoms with Crippen molar-refractivity contribution >= 4 is 17.5 Å². The molecule has 0 radical (unpaired) electrons. The van der Waals surface area contributed by atoms with Gasteiger partial charge in [0.15, 0.2) is 0 Å². The van der Waals surface area contributed by atoms with Crippen LogP contribution in [0.15, 0.2) is 84.9 Å². The number of hydrogen-bond acceptors (Lipinski definition) is 5. The van der Waals surface area contributed by atoms with Crippen LogP contribution in [0.5, 0.6) is 11.5 Å². The van der Waals surface area contributed by atoms with E-state index in [1.807, 2.05) is 60.7 Å². The lowest BCUT2D eigenvalue weighted by molar-refractivity contribution is -0.146. The van der Waals surface area contributed by atoms with Crippen LogP contribution in [0.4, 0.5) is 0 Å². The molecule has 0 N–H and O–H groups in total. The number of benzene rings is 3. The highest BCUT2D eigenvalue weighted by molar-refractivity contribution is 6.33. The number of carbonyl (C=O) groups excluding carboxylic acids is 3. The van der Waals surface area contributed by atoms with Gasteiger partial charge in [0.25, 0.3) is 0 Å². The lowest BCUT2D eigenvalue weighted by Gasteiger charge is -2.38. The van der Waals surface area contributed by atoms with Gasteiger partial charge in [0, 0.05) is 12.3 Å². The van der Waals surface area contributed by atoms with Gasteiger partial charge in [-0.2, -0.15) is 0 Å². The average molecular weight is 489 g/mol. The van der Waals surface area contributed by atoms with E-state index in [0.29, 0.717) is 5.75 Å². The molecule has 4 rings (SSSR count). The molecule has 0 spiro atoms. The topological polar surface area (TPSA) is 69.7 Å². The van der Waals surface area contributed by atoms with E-state index in [9.17, 15) is 14.4 Å². The zero-order valence-electron chi connectivity index (χ0n) is 21.7. The molecule has 3 aromatic carbocycles. The van der Waals surface area contributed by atoms with E-state index in [1.54, 1.807) is 19.2 Å². The van der Waals surface area contributed by atoms with Crippen molar-refractivity contribution in [3.63, 3.8) is 0 Å². The summed E-state index contributed by atoms with van der Waals surface area (Å²) in [7, 11) is 1.67. The largest absolute Gasteiger partial charge is 0.497 e. The summed E-state index contributed by atoms with van der Waals surface area (Å²) in [6.45, 7) is 4.26. The molecule has 0 aliphatic heterocycles. The van der Waals surface area contributed by atoms with Crippen LogP contribution in [0.2, 0.25) is 0 Å². The Bertz CT molecular complexity index is 1050. The molecule has 0 amide bonds. The highest BCUT2D eigenvalue weighted by Gasteiger charge is 2.35. The van der Waals surface area contributed by atoms with Gasteiger partial charge in [-0.25, -0.2) is 4.79 Å². The molecule has 0 atom stereocenters. The van der Waals surface area contributed by atoms with Crippen molar-refractivity contribution in [2.24, 2.45) is 0 Å². The third-order valence-corrected chi connectivity index (χ3v) is 5.92. The first-order valence-electron chi connectivity index (χ1n) is 12.2. The van der Waals surface area contributed by atoms with E-state index >= 15 is 0 Å². The summed E-state index contributed by atoms with van der Waals surface area (Å²) in [6.07, 6.45) is 5.81. The molecule has 1 aliphatic carbocycles. The number of carbonyl (C=O) groups is 3. The van der Waals surface area contributed by atoms with Crippen molar-refractivity contribution in [1.29, 1.82) is 0 Å². The van der Waals surface area contributed by atoms with Crippen LogP contribution in [0.3, 0.4) is 0 Å². The highest BCUT2D eigenvalue weighted by atomic mass is 16.5. The first-order chi connectivity index (χ1) is 17.3. The maximum absolute atomic E-state index is 11.5. The van der Waals surface area contributed by atoms with Crippen molar-refractivity contribution < 1.29 is 23.9 Å². The van der Waals surface area contributed by atoms with Crippen molar-refractivity contribution in [3.05, 3.63) is 96.1 Å². The number of esters is 1. The maximum Gasteiger partial charge on any atom is 0.379 e.